The maximum atomic E-state index is 5.43. The number of rotatable bonds is 3. The van der Waals surface area contributed by atoms with E-state index in [0.29, 0.717) is 18.1 Å². The van der Waals surface area contributed by atoms with Crippen LogP contribution in [0.2, 0.25) is 0 Å². The molecule has 1 aromatic heterocycles. The van der Waals surface area contributed by atoms with E-state index in [2.05, 4.69) is 9.97 Å². The molecule has 4 nitrogen and oxygen atoms in total. The van der Waals surface area contributed by atoms with Crippen molar-refractivity contribution in [2.75, 3.05) is 12.3 Å². The molecule has 0 saturated heterocycles. The maximum Gasteiger partial charge on any atom is 0.156 e. The quantitative estimate of drug-likeness (QED) is 0.733. The predicted molar refractivity (Wildman–Crippen MR) is 46.5 cm³/mol. The highest BCUT2D eigenvalue weighted by molar-refractivity contribution is 5.30. The zero-order valence-corrected chi connectivity index (χ0v) is 7.32. The van der Waals surface area contributed by atoms with E-state index in [1.54, 1.807) is 12.4 Å². The topological polar surface area (TPSA) is 61.0 Å². The molecule has 1 atom stereocenters. The van der Waals surface area contributed by atoms with Crippen LogP contribution < -0.4 is 5.73 Å². The number of anilines is 1. The van der Waals surface area contributed by atoms with E-state index >= 15 is 0 Å². The third kappa shape index (κ3) is 2.17. The molecule has 12 heavy (non-hydrogen) atoms. The number of nitrogen functional groups attached to an aromatic ring is 1. The lowest BCUT2D eigenvalue weighted by Gasteiger charge is -2.08. The molecule has 0 saturated carbocycles. The third-order valence-corrected chi connectivity index (χ3v) is 1.47. The highest BCUT2D eigenvalue weighted by atomic mass is 16.5. The van der Waals surface area contributed by atoms with E-state index in [1.165, 1.54) is 0 Å². The summed E-state index contributed by atoms with van der Waals surface area (Å²) in [6.07, 6.45) is 3.10. The van der Waals surface area contributed by atoms with E-state index in [9.17, 15) is 0 Å². The van der Waals surface area contributed by atoms with Gasteiger partial charge in [0, 0.05) is 6.61 Å². The number of nitrogens with zero attached hydrogens (tertiary/aromatic N) is 2. The second-order valence-electron chi connectivity index (χ2n) is 2.47. The summed E-state index contributed by atoms with van der Waals surface area (Å²) in [5.74, 6) is 0.672. The molecule has 0 bridgehead atoms. The van der Waals surface area contributed by atoms with Crippen molar-refractivity contribution < 1.29 is 4.74 Å². The summed E-state index contributed by atoms with van der Waals surface area (Å²) in [6.45, 7) is 4.51. The molecule has 0 spiro atoms. The van der Waals surface area contributed by atoms with E-state index in [4.69, 9.17) is 10.5 Å². The Morgan fingerprint density at radius 2 is 2.08 bits per heavy atom. The van der Waals surface area contributed by atoms with Gasteiger partial charge in [0.05, 0.1) is 18.1 Å². The SMILES string of the molecule is CCOC(C)c1ncc(N)cn1. The summed E-state index contributed by atoms with van der Waals surface area (Å²) in [4.78, 5) is 8.07. The molecular formula is C8H13N3O. The molecule has 0 aliphatic carbocycles. The van der Waals surface area contributed by atoms with Gasteiger partial charge in [-0.1, -0.05) is 0 Å². The molecule has 0 aliphatic heterocycles. The van der Waals surface area contributed by atoms with Gasteiger partial charge in [-0.05, 0) is 13.8 Å². The molecule has 0 amide bonds. The minimum atomic E-state index is -0.0596. The highest BCUT2D eigenvalue weighted by Gasteiger charge is 2.06. The summed E-state index contributed by atoms with van der Waals surface area (Å²) < 4.78 is 5.30. The summed E-state index contributed by atoms with van der Waals surface area (Å²) in [5.41, 5.74) is 6.01. The second kappa shape index (κ2) is 4.01. The van der Waals surface area contributed by atoms with Crippen LogP contribution in [0.1, 0.15) is 25.8 Å². The van der Waals surface area contributed by atoms with Crippen molar-refractivity contribution in [1.82, 2.24) is 9.97 Å². The van der Waals surface area contributed by atoms with Gasteiger partial charge in [-0.15, -0.1) is 0 Å². The molecule has 1 heterocycles. The lowest BCUT2D eigenvalue weighted by Crippen LogP contribution is -2.05. The minimum absolute atomic E-state index is 0.0596. The summed E-state index contributed by atoms with van der Waals surface area (Å²) >= 11 is 0. The van der Waals surface area contributed by atoms with Crippen LogP contribution >= 0.6 is 0 Å². The summed E-state index contributed by atoms with van der Waals surface area (Å²) in [6, 6.07) is 0. The van der Waals surface area contributed by atoms with Gasteiger partial charge in [-0.25, -0.2) is 9.97 Å². The van der Waals surface area contributed by atoms with Crippen molar-refractivity contribution >= 4 is 5.69 Å². The Morgan fingerprint density at radius 3 is 2.58 bits per heavy atom. The Morgan fingerprint density at radius 1 is 1.50 bits per heavy atom. The average Bonchev–Trinajstić information content (AvgIpc) is 2.06. The van der Waals surface area contributed by atoms with Gasteiger partial charge < -0.3 is 10.5 Å². The fourth-order valence-corrected chi connectivity index (χ4v) is 0.882. The van der Waals surface area contributed by atoms with Crippen molar-refractivity contribution in [3.63, 3.8) is 0 Å². The minimum Gasteiger partial charge on any atom is -0.396 e. The van der Waals surface area contributed by atoms with Crippen LogP contribution in [-0.4, -0.2) is 16.6 Å². The zero-order valence-electron chi connectivity index (χ0n) is 7.32. The second-order valence-corrected chi connectivity index (χ2v) is 2.47. The molecule has 66 valence electrons. The third-order valence-electron chi connectivity index (χ3n) is 1.47. The van der Waals surface area contributed by atoms with E-state index in [0.717, 1.165) is 0 Å². The van der Waals surface area contributed by atoms with Gasteiger partial charge in [-0.3, -0.25) is 0 Å². The monoisotopic (exact) mass is 167 g/mol. The Hall–Kier alpha value is -1.16. The molecule has 0 aromatic carbocycles. The van der Waals surface area contributed by atoms with Gasteiger partial charge >= 0.3 is 0 Å². The molecule has 4 heteroatoms. The van der Waals surface area contributed by atoms with Gasteiger partial charge in [-0.2, -0.15) is 0 Å². The van der Waals surface area contributed by atoms with Gasteiger partial charge in [0.25, 0.3) is 0 Å². The number of hydrogen-bond acceptors (Lipinski definition) is 4. The molecular weight excluding hydrogens is 154 g/mol. The Bertz CT molecular complexity index is 235. The molecule has 1 aromatic rings. The van der Waals surface area contributed by atoms with Crippen LogP contribution in [0.4, 0.5) is 5.69 Å². The molecule has 0 aliphatic rings. The molecule has 0 radical (unpaired) electrons. The lowest BCUT2D eigenvalue weighted by molar-refractivity contribution is 0.0701. The van der Waals surface area contributed by atoms with Crippen LogP contribution in [0, 0.1) is 0 Å². The predicted octanol–water partition coefficient (Wildman–Crippen LogP) is 1.16. The van der Waals surface area contributed by atoms with Crippen molar-refractivity contribution in [2.45, 2.75) is 20.0 Å². The van der Waals surface area contributed by atoms with E-state index in [-0.39, 0.29) is 6.10 Å². The normalized spacial score (nSPS) is 12.8. The number of aromatic nitrogens is 2. The first-order valence-corrected chi connectivity index (χ1v) is 3.93. The van der Waals surface area contributed by atoms with Crippen LogP contribution in [-0.2, 0) is 4.74 Å². The van der Waals surface area contributed by atoms with Crippen molar-refractivity contribution in [3.8, 4) is 0 Å². The first-order chi connectivity index (χ1) is 5.74. The van der Waals surface area contributed by atoms with E-state index < -0.39 is 0 Å². The fourth-order valence-electron chi connectivity index (χ4n) is 0.882. The Kier molecular flexibility index (Phi) is 2.99. The van der Waals surface area contributed by atoms with Crippen LogP contribution in [0.25, 0.3) is 0 Å². The number of nitrogens with two attached hydrogens (primary N) is 1. The fraction of sp³-hybridized carbons (Fsp3) is 0.500. The van der Waals surface area contributed by atoms with Gasteiger partial charge in [0.15, 0.2) is 5.82 Å². The first-order valence-electron chi connectivity index (χ1n) is 3.93. The summed E-state index contributed by atoms with van der Waals surface area (Å²) in [7, 11) is 0. The van der Waals surface area contributed by atoms with E-state index in [1.807, 2.05) is 13.8 Å². The molecule has 1 rings (SSSR count). The van der Waals surface area contributed by atoms with Crippen LogP contribution in [0.3, 0.4) is 0 Å². The van der Waals surface area contributed by atoms with Gasteiger partial charge in [0.1, 0.15) is 6.10 Å². The van der Waals surface area contributed by atoms with Crippen LogP contribution in [0.5, 0.6) is 0 Å². The van der Waals surface area contributed by atoms with Gasteiger partial charge in [0.2, 0.25) is 0 Å². The molecule has 0 fully saturated rings. The molecule has 1 unspecified atom stereocenters. The van der Waals surface area contributed by atoms with Crippen molar-refractivity contribution in [2.24, 2.45) is 0 Å². The molecule has 2 N–H and O–H groups in total. The largest absolute Gasteiger partial charge is 0.396 e. The Labute approximate surface area is 71.8 Å². The average molecular weight is 167 g/mol. The zero-order chi connectivity index (χ0) is 8.97. The number of ether oxygens (including phenoxy) is 1. The van der Waals surface area contributed by atoms with Crippen LogP contribution in [0.15, 0.2) is 12.4 Å². The number of hydrogen-bond donors (Lipinski definition) is 1. The Balaban J connectivity index is 2.68. The summed E-state index contributed by atoms with van der Waals surface area (Å²) in [5, 5.41) is 0. The van der Waals surface area contributed by atoms with Crippen molar-refractivity contribution in [3.05, 3.63) is 18.2 Å². The lowest BCUT2D eigenvalue weighted by atomic mass is 10.3. The standard InChI is InChI=1S/C8H13N3O/c1-3-12-6(2)8-10-4-7(9)5-11-8/h4-6H,3,9H2,1-2H3. The highest BCUT2D eigenvalue weighted by Crippen LogP contribution is 2.11. The first kappa shape index (κ1) is 8.93. The maximum absolute atomic E-state index is 5.43. The smallest absolute Gasteiger partial charge is 0.156 e. The van der Waals surface area contributed by atoms with Crippen molar-refractivity contribution in [1.29, 1.82) is 0 Å².